The van der Waals surface area contributed by atoms with Crippen LogP contribution in [0.3, 0.4) is 0 Å². The lowest BCUT2D eigenvalue weighted by Crippen LogP contribution is -2.03. The molecule has 1 atom stereocenters. The molecule has 1 rings (SSSR count). The number of halogens is 1. The quantitative estimate of drug-likeness (QED) is 0.571. The van der Waals surface area contributed by atoms with Crippen LogP contribution in [0, 0.1) is 11.7 Å². The average molecular weight is 222 g/mol. The molecule has 0 radical (unpaired) electrons. The Balaban J connectivity index is 2.43. The summed E-state index contributed by atoms with van der Waals surface area (Å²) in [5, 5.41) is 0. The summed E-state index contributed by atoms with van der Waals surface area (Å²) in [6, 6.07) is 7.03. The zero-order chi connectivity index (χ0) is 11.8. The van der Waals surface area contributed by atoms with Crippen molar-refractivity contribution in [1.82, 2.24) is 0 Å². The van der Waals surface area contributed by atoms with Crippen LogP contribution in [-0.4, -0.2) is 0 Å². The second-order valence-corrected chi connectivity index (χ2v) is 4.60. The summed E-state index contributed by atoms with van der Waals surface area (Å²) in [6.07, 6.45) is 7.40. The minimum Gasteiger partial charge on any atom is -0.207 e. The van der Waals surface area contributed by atoms with Gasteiger partial charge in [0.25, 0.3) is 0 Å². The van der Waals surface area contributed by atoms with Gasteiger partial charge in [0.05, 0.1) is 0 Å². The zero-order valence-corrected chi connectivity index (χ0v) is 10.5. The molecule has 1 heteroatoms. The predicted molar refractivity (Wildman–Crippen MR) is 68.0 cm³/mol. The Hall–Kier alpha value is -0.850. The molecule has 0 aliphatic heterocycles. The van der Waals surface area contributed by atoms with Crippen molar-refractivity contribution >= 4 is 0 Å². The first-order valence-corrected chi connectivity index (χ1v) is 6.50. The van der Waals surface area contributed by atoms with Gasteiger partial charge < -0.3 is 0 Å². The molecule has 0 saturated carbocycles. The molecule has 0 saturated heterocycles. The number of hydrogen-bond acceptors (Lipinski definition) is 0. The third-order valence-corrected chi connectivity index (χ3v) is 3.21. The number of hydrogen-bond donors (Lipinski definition) is 0. The van der Waals surface area contributed by atoms with Crippen LogP contribution >= 0.6 is 0 Å². The van der Waals surface area contributed by atoms with Crippen LogP contribution in [0.4, 0.5) is 4.39 Å². The van der Waals surface area contributed by atoms with Gasteiger partial charge in [-0.2, -0.15) is 0 Å². The molecule has 1 aromatic carbocycles. The van der Waals surface area contributed by atoms with Crippen molar-refractivity contribution in [2.45, 2.75) is 52.4 Å². The lowest BCUT2D eigenvalue weighted by molar-refractivity contribution is 0.442. The van der Waals surface area contributed by atoms with Crippen LogP contribution in [0.25, 0.3) is 0 Å². The van der Waals surface area contributed by atoms with Gasteiger partial charge in [0.15, 0.2) is 0 Å². The molecule has 0 N–H and O–H groups in total. The molecular weight excluding hydrogens is 199 g/mol. The van der Waals surface area contributed by atoms with Crippen molar-refractivity contribution in [3.63, 3.8) is 0 Å². The summed E-state index contributed by atoms with van der Waals surface area (Å²) in [5.74, 6) is 0.606. The lowest BCUT2D eigenvalue weighted by Gasteiger charge is -2.14. The SMILES string of the molecule is CCCCCC(CC)Cc1cccc(F)c1. The summed E-state index contributed by atoms with van der Waals surface area (Å²) in [5.41, 5.74) is 1.14. The Morgan fingerprint density at radius 3 is 2.62 bits per heavy atom. The van der Waals surface area contributed by atoms with Gasteiger partial charge in [0.2, 0.25) is 0 Å². The Labute approximate surface area is 98.9 Å². The molecule has 1 aromatic rings. The van der Waals surface area contributed by atoms with Crippen molar-refractivity contribution in [2.75, 3.05) is 0 Å². The van der Waals surface area contributed by atoms with E-state index in [9.17, 15) is 4.39 Å². The molecule has 90 valence electrons. The molecule has 0 spiro atoms. The van der Waals surface area contributed by atoms with E-state index in [1.165, 1.54) is 38.2 Å². The summed E-state index contributed by atoms with van der Waals surface area (Å²) in [7, 11) is 0. The fraction of sp³-hybridized carbons (Fsp3) is 0.600. The first-order valence-electron chi connectivity index (χ1n) is 6.50. The number of rotatable bonds is 7. The summed E-state index contributed by atoms with van der Waals surface area (Å²) in [6.45, 7) is 4.46. The van der Waals surface area contributed by atoms with E-state index in [4.69, 9.17) is 0 Å². The van der Waals surface area contributed by atoms with Gasteiger partial charge >= 0.3 is 0 Å². The fourth-order valence-corrected chi connectivity index (χ4v) is 2.13. The zero-order valence-electron chi connectivity index (χ0n) is 10.5. The molecule has 0 aromatic heterocycles. The second-order valence-electron chi connectivity index (χ2n) is 4.60. The van der Waals surface area contributed by atoms with E-state index >= 15 is 0 Å². The maximum Gasteiger partial charge on any atom is 0.123 e. The van der Waals surface area contributed by atoms with E-state index in [2.05, 4.69) is 13.8 Å². The largest absolute Gasteiger partial charge is 0.207 e. The van der Waals surface area contributed by atoms with Crippen LogP contribution in [0.5, 0.6) is 0 Å². The number of benzene rings is 1. The van der Waals surface area contributed by atoms with Crippen LogP contribution in [0.1, 0.15) is 51.5 Å². The highest BCUT2D eigenvalue weighted by molar-refractivity contribution is 5.16. The summed E-state index contributed by atoms with van der Waals surface area (Å²) < 4.78 is 13.0. The van der Waals surface area contributed by atoms with Gasteiger partial charge in [-0.05, 0) is 30.0 Å². The highest BCUT2D eigenvalue weighted by Crippen LogP contribution is 2.19. The second kappa shape index (κ2) is 7.43. The Kier molecular flexibility index (Phi) is 6.14. The number of unbranched alkanes of at least 4 members (excludes halogenated alkanes) is 2. The van der Waals surface area contributed by atoms with Crippen LogP contribution in [0.15, 0.2) is 24.3 Å². The molecule has 0 bridgehead atoms. The van der Waals surface area contributed by atoms with Gasteiger partial charge in [0.1, 0.15) is 5.82 Å². The van der Waals surface area contributed by atoms with E-state index in [-0.39, 0.29) is 5.82 Å². The van der Waals surface area contributed by atoms with Crippen LogP contribution in [-0.2, 0) is 6.42 Å². The molecule has 0 aliphatic rings. The van der Waals surface area contributed by atoms with Crippen LogP contribution in [0.2, 0.25) is 0 Å². The standard InChI is InChI=1S/C15H23F/c1-3-5-6-8-13(4-2)11-14-9-7-10-15(16)12-14/h7,9-10,12-13H,3-6,8,11H2,1-2H3. The Morgan fingerprint density at radius 1 is 1.19 bits per heavy atom. The molecule has 16 heavy (non-hydrogen) atoms. The normalized spacial score (nSPS) is 12.7. The molecule has 0 heterocycles. The highest BCUT2D eigenvalue weighted by Gasteiger charge is 2.07. The smallest absolute Gasteiger partial charge is 0.123 e. The van der Waals surface area contributed by atoms with Gasteiger partial charge in [-0.3, -0.25) is 0 Å². The van der Waals surface area contributed by atoms with Crippen molar-refractivity contribution in [1.29, 1.82) is 0 Å². The molecule has 1 unspecified atom stereocenters. The maximum absolute atomic E-state index is 13.0. The van der Waals surface area contributed by atoms with E-state index in [1.54, 1.807) is 6.07 Å². The highest BCUT2D eigenvalue weighted by atomic mass is 19.1. The monoisotopic (exact) mass is 222 g/mol. The topological polar surface area (TPSA) is 0 Å². The van der Waals surface area contributed by atoms with E-state index in [1.807, 2.05) is 12.1 Å². The van der Waals surface area contributed by atoms with E-state index in [0.717, 1.165) is 12.0 Å². The molecule has 0 aliphatic carbocycles. The van der Waals surface area contributed by atoms with Crippen molar-refractivity contribution in [3.05, 3.63) is 35.6 Å². The molecule has 0 amide bonds. The minimum absolute atomic E-state index is 0.110. The van der Waals surface area contributed by atoms with Crippen molar-refractivity contribution in [2.24, 2.45) is 5.92 Å². The summed E-state index contributed by atoms with van der Waals surface area (Å²) in [4.78, 5) is 0. The summed E-state index contributed by atoms with van der Waals surface area (Å²) >= 11 is 0. The lowest BCUT2D eigenvalue weighted by atomic mass is 9.92. The third-order valence-electron chi connectivity index (χ3n) is 3.21. The van der Waals surface area contributed by atoms with Crippen molar-refractivity contribution in [3.8, 4) is 0 Å². The van der Waals surface area contributed by atoms with Gasteiger partial charge in [0, 0.05) is 0 Å². The molecule has 0 nitrogen and oxygen atoms in total. The first kappa shape index (κ1) is 13.2. The van der Waals surface area contributed by atoms with Gasteiger partial charge in [-0.25, -0.2) is 4.39 Å². The van der Waals surface area contributed by atoms with E-state index < -0.39 is 0 Å². The molecular formula is C15H23F. The van der Waals surface area contributed by atoms with Gasteiger partial charge in [-0.1, -0.05) is 58.1 Å². The van der Waals surface area contributed by atoms with Crippen molar-refractivity contribution < 1.29 is 4.39 Å². The average Bonchev–Trinajstić information content (AvgIpc) is 2.28. The predicted octanol–water partition coefficient (Wildman–Crippen LogP) is 4.97. The first-order chi connectivity index (χ1) is 7.76. The fourth-order valence-electron chi connectivity index (χ4n) is 2.13. The third kappa shape index (κ3) is 4.78. The van der Waals surface area contributed by atoms with E-state index in [0.29, 0.717) is 5.92 Å². The van der Waals surface area contributed by atoms with Gasteiger partial charge in [-0.15, -0.1) is 0 Å². The van der Waals surface area contributed by atoms with Crippen LogP contribution < -0.4 is 0 Å². The molecule has 0 fully saturated rings. The minimum atomic E-state index is -0.110. The Morgan fingerprint density at radius 2 is 2.00 bits per heavy atom. The Bertz CT molecular complexity index is 293. The maximum atomic E-state index is 13.0.